The molecule has 1 aromatic carbocycles. The van der Waals surface area contributed by atoms with E-state index in [4.69, 9.17) is 5.26 Å². The minimum Gasteiger partial charge on any atom is -0.198 e. The molecule has 15 heavy (non-hydrogen) atoms. The molecule has 0 heterocycles. The Morgan fingerprint density at radius 3 is 2.33 bits per heavy atom. The maximum atomic E-state index is 9.30. The van der Waals surface area contributed by atoms with E-state index >= 15 is 0 Å². The molecule has 0 spiro atoms. The molecule has 1 atom stereocenters. The molecule has 0 aliphatic rings. The summed E-state index contributed by atoms with van der Waals surface area (Å²) >= 11 is 0. The molecule has 0 fully saturated rings. The lowest BCUT2D eigenvalue weighted by Gasteiger charge is -2.24. The first-order valence-corrected chi connectivity index (χ1v) is 5.13. The summed E-state index contributed by atoms with van der Waals surface area (Å²) in [5.41, 5.74) is 0.530. The monoisotopic (exact) mass is 198 g/mol. The zero-order valence-electron chi connectivity index (χ0n) is 8.90. The number of rotatable bonds is 4. The molecular weight excluding hydrogens is 184 g/mol. The Morgan fingerprint density at radius 2 is 1.87 bits per heavy atom. The summed E-state index contributed by atoms with van der Waals surface area (Å²) in [4.78, 5) is 0. The van der Waals surface area contributed by atoms with Crippen LogP contribution in [-0.2, 0) is 5.41 Å². The van der Waals surface area contributed by atoms with Crippen molar-refractivity contribution in [3.63, 3.8) is 0 Å². The van der Waals surface area contributed by atoms with E-state index in [0.29, 0.717) is 12.8 Å². The maximum Gasteiger partial charge on any atom is 0.0829 e. The normalized spacial score (nSPS) is 13.5. The van der Waals surface area contributed by atoms with Crippen LogP contribution in [-0.4, -0.2) is 0 Å². The zero-order chi connectivity index (χ0) is 11.1. The molecule has 2 nitrogen and oxygen atoms in total. The molecule has 1 aromatic rings. The lowest BCUT2D eigenvalue weighted by atomic mass is 9.76. The molecule has 0 radical (unpaired) electrons. The number of hydrogen-bond donors (Lipinski definition) is 0. The third-order valence-corrected chi connectivity index (χ3v) is 2.81. The molecule has 2 heteroatoms. The van der Waals surface area contributed by atoms with E-state index < -0.39 is 5.41 Å². The second kappa shape index (κ2) is 5.17. The summed E-state index contributed by atoms with van der Waals surface area (Å²) in [6, 6.07) is 14.2. The van der Waals surface area contributed by atoms with Gasteiger partial charge in [0, 0.05) is 6.42 Å². The van der Waals surface area contributed by atoms with Gasteiger partial charge in [0.05, 0.1) is 17.6 Å². The SMILES string of the molecule is CCC(C#N)(CCC#N)c1ccccc1. The van der Waals surface area contributed by atoms with Crippen molar-refractivity contribution in [3.05, 3.63) is 35.9 Å². The predicted octanol–water partition coefficient (Wildman–Crippen LogP) is 3.16. The average Bonchev–Trinajstić information content (AvgIpc) is 2.33. The van der Waals surface area contributed by atoms with Gasteiger partial charge in [0.15, 0.2) is 0 Å². The Balaban J connectivity index is 3.03. The Kier molecular flexibility index (Phi) is 3.89. The summed E-state index contributed by atoms with van der Waals surface area (Å²) in [5, 5.41) is 17.9. The van der Waals surface area contributed by atoms with Gasteiger partial charge in [-0.3, -0.25) is 0 Å². The van der Waals surface area contributed by atoms with Gasteiger partial charge in [0.1, 0.15) is 0 Å². The third kappa shape index (κ3) is 2.36. The highest BCUT2D eigenvalue weighted by atomic mass is 14.4. The minimum absolute atomic E-state index is 0.427. The molecule has 0 aliphatic carbocycles. The molecule has 76 valence electrons. The predicted molar refractivity (Wildman–Crippen MR) is 58.9 cm³/mol. The van der Waals surface area contributed by atoms with Gasteiger partial charge in [-0.25, -0.2) is 0 Å². The van der Waals surface area contributed by atoms with Gasteiger partial charge in [-0.2, -0.15) is 10.5 Å². The summed E-state index contributed by atoms with van der Waals surface area (Å²) < 4.78 is 0. The first kappa shape index (κ1) is 11.3. The van der Waals surface area contributed by atoms with Gasteiger partial charge in [-0.05, 0) is 18.4 Å². The number of benzene rings is 1. The van der Waals surface area contributed by atoms with E-state index in [-0.39, 0.29) is 0 Å². The van der Waals surface area contributed by atoms with Gasteiger partial charge in [0.2, 0.25) is 0 Å². The highest BCUT2D eigenvalue weighted by Crippen LogP contribution is 2.31. The van der Waals surface area contributed by atoms with Crippen LogP contribution in [0.15, 0.2) is 30.3 Å². The van der Waals surface area contributed by atoms with Gasteiger partial charge >= 0.3 is 0 Å². The van der Waals surface area contributed by atoms with E-state index in [9.17, 15) is 5.26 Å². The van der Waals surface area contributed by atoms with Crippen LogP contribution >= 0.6 is 0 Å². The Bertz CT molecular complexity index is 383. The van der Waals surface area contributed by atoms with Crippen molar-refractivity contribution in [3.8, 4) is 12.1 Å². The van der Waals surface area contributed by atoms with Crippen LogP contribution in [0.1, 0.15) is 31.7 Å². The first-order chi connectivity index (χ1) is 7.29. The zero-order valence-corrected chi connectivity index (χ0v) is 8.90. The molecule has 0 aliphatic heterocycles. The lowest BCUT2D eigenvalue weighted by Crippen LogP contribution is -2.22. The molecule has 1 rings (SSSR count). The molecular formula is C13H14N2. The summed E-state index contributed by atoms with van der Waals surface area (Å²) in [7, 11) is 0. The number of hydrogen-bond acceptors (Lipinski definition) is 2. The van der Waals surface area contributed by atoms with E-state index in [1.807, 2.05) is 37.3 Å². The molecule has 0 saturated heterocycles. The van der Waals surface area contributed by atoms with E-state index in [1.165, 1.54) is 0 Å². The Hall–Kier alpha value is -1.80. The number of nitriles is 2. The standard InChI is InChI=1S/C13H14N2/c1-2-13(11-15,9-6-10-14)12-7-4-3-5-8-12/h3-5,7-8H,2,6,9H2,1H3. The maximum absolute atomic E-state index is 9.30. The fourth-order valence-corrected chi connectivity index (χ4v) is 1.75. The van der Waals surface area contributed by atoms with Crippen LogP contribution in [0.4, 0.5) is 0 Å². The van der Waals surface area contributed by atoms with Crippen LogP contribution in [0, 0.1) is 22.7 Å². The van der Waals surface area contributed by atoms with Gasteiger partial charge in [-0.1, -0.05) is 37.3 Å². The van der Waals surface area contributed by atoms with Crippen LogP contribution < -0.4 is 0 Å². The summed E-state index contributed by atoms with van der Waals surface area (Å²) in [6.07, 6.45) is 1.78. The molecule has 0 aromatic heterocycles. The van der Waals surface area contributed by atoms with Crippen LogP contribution in [0.2, 0.25) is 0 Å². The largest absolute Gasteiger partial charge is 0.198 e. The molecule has 0 N–H and O–H groups in total. The van der Waals surface area contributed by atoms with E-state index in [2.05, 4.69) is 12.1 Å². The van der Waals surface area contributed by atoms with Crippen molar-refractivity contribution in [2.75, 3.05) is 0 Å². The molecule has 0 amide bonds. The molecule has 0 saturated carbocycles. The van der Waals surface area contributed by atoms with Crippen LogP contribution in [0.3, 0.4) is 0 Å². The Morgan fingerprint density at radius 1 is 1.20 bits per heavy atom. The summed E-state index contributed by atoms with van der Waals surface area (Å²) in [6.45, 7) is 1.99. The highest BCUT2D eigenvalue weighted by molar-refractivity contribution is 5.32. The van der Waals surface area contributed by atoms with Crippen molar-refractivity contribution in [2.24, 2.45) is 0 Å². The molecule has 0 bridgehead atoms. The summed E-state index contributed by atoms with van der Waals surface area (Å²) in [5.74, 6) is 0. The van der Waals surface area contributed by atoms with E-state index in [1.54, 1.807) is 0 Å². The van der Waals surface area contributed by atoms with Crippen molar-refractivity contribution >= 4 is 0 Å². The second-order valence-electron chi connectivity index (χ2n) is 3.57. The second-order valence-corrected chi connectivity index (χ2v) is 3.57. The van der Waals surface area contributed by atoms with Gasteiger partial charge in [0.25, 0.3) is 0 Å². The average molecular weight is 198 g/mol. The Labute approximate surface area is 90.8 Å². The van der Waals surface area contributed by atoms with Crippen LogP contribution in [0.5, 0.6) is 0 Å². The highest BCUT2D eigenvalue weighted by Gasteiger charge is 2.29. The number of nitrogens with zero attached hydrogens (tertiary/aromatic N) is 2. The smallest absolute Gasteiger partial charge is 0.0829 e. The van der Waals surface area contributed by atoms with E-state index in [0.717, 1.165) is 12.0 Å². The third-order valence-electron chi connectivity index (χ3n) is 2.81. The first-order valence-electron chi connectivity index (χ1n) is 5.13. The minimum atomic E-state index is -0.489. The topological polar surface area (TPSA) is 47.6 Å². The fourth-order valence-electron chi connectivity index (χ4n) is 1.75. The van der Waals surface area contributed by atoms with Gasteiger partial charge in [-0.15, -0.1) is 0 Å². The quantitative estimate of drug-likeness (QED) is 0.746. The lowest BCUT2D eigenvalue weighted by molar-refractivity contribution is 0.493. The van der Waals surface area contributed by atoms with Crippen molar-refractivity contribution in [1.82, 2.24) is 0 Å². The molecule has 1 unspecified atom stereocenters. The van der Waals surface area contributed by atoms with Crippen LogP contribution in [0.25, 0.3) is 0 Å². The van der Waals surface area contributed by atoms with Crippen molar-refractivity contribution in [1.29, 1.82) is 10.5 Å². The van der Waals surface area contributed by atoms with Crippen molar-refractivity contribution < 1.29 is 0 Å². The van der Waals surface area contributed by atoms with Crippen molar-refractivity contribution in [2.45, 2.75) is 31.6 Å². The fraction of sp³-hybridized carbons (Fsp3) is 0.385. The van der Waals surface area contributed by atoms with Gasteiger partial charge < -0.3 is 0 Å².